The van der Waals surface area contributed by atoms with Gasteiger partial charge in [-0.05, 0) is 31.1 Å². The quantitative estimate of drug-likeness (QED) is 0.602. The molecule has 2 atom stereocenters. The Morgan fingerprint density at radius 1 is 1.06 bits per heavy atom. The molecule has 2 aliphatic carbocycles. The fourth-order valence-corrected chi connectivity index (χ4v) is 3.86. The van der Waals surface area contributed by atoms with Crippen molar-refractivity contribution in [1.82, 2.24) is 10.2 Å². The summed E-state index contributed by atoms with van der Waals surface area (Å²) in [6.45, 7) is 2.39. The van der Waals surface area contributed by atoms with Crippen molar-refractivity contribution in [2.75, 3.05) is 20.1 Å². The van der Waals surface area contributed by atoms with E-state index < -0.39 is 0 Å². The van der Waals surface area contributed by atoms with Crippen LogP contribution in [0.15, 0.2) is 4.99 Å². The number of nitrogens with one attached hydrogen (secondary N) is 1. The summed E-state index contributed by atoms with van der Waals surface area (Å²) in [5.41, 5.74) is 0. The summed E-state index contributed by atoms with van der Waals surface area (Å²) in [6, 6.07) is 0.729. The molecule has 0 aromatic carbocycles. The molecule has 2 unspecified atom stereocenters. The second-order valence-electron chi connectivity index (χ2n) is 6.29. The SMILES string of the molecule is CN=C(NC1CC1C1CCCCC1)N1CCCC1. The fourth-order valence-electron chi connectivity index (χ4n) is 3.86. The van der Waals surface area contributed by atoms with Crippen LogP contribution in [0.1, 0.15) is 51.4 Å². The summed E-state index contributed by atoms with van der Waals surface area (Å²) >= 11 is 0. The average Bonchev–Trinajstić information content (AvgIpc) is 2.98. The Labute approximate surface area is 111 Å². The summed E-state index contributed by atoms with van der Waals surface area (Å²) < 4.78 is 0. The molecule has 3 fully saturated rings. The summed E-state index contributed by atoms with van der Waals surface area (Å²) in [6.07, 6.45) is 11.4. The zero-order chi connectivity index (χ0) is 12.4. The molecule has 3 nitrogen and oxygen atoms in total. The molecule has 2 saturated carbocycles. The molecule has 0 amide bonds. The van der Waals surface area contributed by atoms with Crippen LogP contribution in [0.3, 0.4) is 0 Å². The lowest BCUT2D eigenvalue weighted by Gasteiger charge is -2.24. The Morgan fingerprint density at radius 2 is 1.78 bits per heavy atom. The molecule has 0 bridgehead atoms. The van der Waals surface area contributed by atoms with Crippen LogP contribution in [-0.4, -0.2) is 37.0 Å². The van der Waals surface area contributed by atoms with Crippen molar-refractivity contribution in [2.24, 2.45) is 16.8 Å². The van der Waals surface area contributed by atoms with Gasteiger partial charge < -0.3 is 10.2 Å². The molecule has 1 aliphatic heterocycles. The zero-order valence-electron chi connectivity index (χ0n) is 11.7. The third-order valence-electron chi connectivity index (χ3n) is 5.03. The number of aliphatic imine (C=N–C) groups is 1. The molecular weight excluding hydrogens is 222 g/mol. The molecule has 3 aliphatic rings. The van der Waals surface area contributed by atoms with Crippen LogP contribution >= 0.6 is 0 Å². The van der Waals surface area contributed by atoms with Crippen LogP contribution < -0.4 is 5.32 Å². The predicted octanol–water partition coefficient (Wildman–Crippen LogP) is 2.63. The molecule has 3 heteroatoms. The third kappa shape index (κ3) is 2.65. The van der Waals surface area contributed by atoms with Gasteiger partial charge in [-0.3, -0.25) is 4.99 Å². The number of guanidine groups is 1. The van der Waals surface area contributed by atoms with E-state index in [1.807, 2.05) is 7.05 Å². The van der Waals surface area contributed by atoms with E-state index in [-0.39, 0.29) is 0 Å². The van der Waals surface area contributed by atoms with Crippen molar-refractivity contribution >= 4 is 5.96 Å². The predicted molar refractivity (Wildman–Crippen MR) is 75.8 cm³/mol. The Kier molecular flexibility index (Phi) is 3.76. The number of hydrogen-bond acceptors (Lipinski definition) is 1. The normalized spacial score (nSPS) is 33.8. The van der Waals surface area contributed by atoms with Gasteiger partial charge in [0.25, 0.3) is 0 Å². The summed E-state index contributed by atoms with van der Waals surface area (Å²) in [7, 11) is 1.93. The fraction of sp³-hybridized carbons (Fsp3) is 0.933. The maximum absolute atomic E-state index is 4.46. The highest BCUT2D eigenvalue weighted by atomic mass is 15.3. The van der Waals surface area contributed by atoms with Crippen LogP contribution in [0.25, 0.3) is 0 Å². The molecule has 1 saturated heterocycles. The van der Waals surface area contributed by atoms with Crippen molar-refractivity contribution in [2.45, 2.75) is 57.4 Å². The van der Waals surface area contributed by atoms with E-state index >= 15 is 0 Å². The molecular formula is C15H27N3. The topological polar surface area (TPSA) is 27.6 Å². The van der Waals surface area contributed by atoms with Gasteiger partial charge >= 0.3 is 0 Å². The average molecular weight is 249 g/mol. The Hall–Kier alpha value is -0.730. The summed E-state index contributed by atoms with van der Waals surface area (Å²) in [4.78, 5) is 6.89. The maximum Gasteiger partial charge on any atom is 0.193 e. The van der Waals surface area contributed by atoms with Gasteiger partial charge in [-0.1, -0.05) is 32.1 Å². The first-order valence-corrected chi connectivity index (χ1v) is 7.87. The second kappa shape index (κ2) is 5.50. The Bertz CT molecular complexity index is 301. The van der Waals surface area contributed by atoms with E-state index in [9.17, 15) is 0 Å². The molecule has 0 radical (unpaired) electrons. The van der Waals surface area contributed by atoms with Crippen molar-refractivity contribution in [3.05, 3.63) is 0 Å². The lowest BCUT2D eigenvalue weighted by atomic mass is 9.85. The van der Waals surface area contributed by atoms with Crippen molar-refractivity contribution < 1.29 is 0 Å². The van der Waals surface area contributed by atoms with Crippen molar-refractivity contribution in [3.8, 4) is 0 Å². The minimum atomic E-state index is 0.729. The van der Waals surface area contributed by atoms with Crippen LogP contribution in [0.4, 0.5) is 0 Å². The number of hydrogen-bond donors (Lipinski definition) is 1. The smallest absolute Gasteiger partial charge is 0.193 e. The van der Waals surface area contributed by atoms with Gasteiger partial charge in [0.1, 0.15) is 0 Å². The van der Waals surface area contributed by atoms with E-state index in [1.165, 1.54) is 64.5 Å². The number of likely N-dealkylation sites (tertiary alicyclic amines) is 1. The van der Waals surface area contributed by atoms with E-state index in [1.54, 1.807) is 0 Å². The monoisotopic (exact) mass is 249 g/mol. The van der Waals surface area contributed by atoms with Gasteiger partial charge in [-0.25, -0.2) is 0 Å². The third-order valence-corrected chi connectivity index (χ3v) is 5.03. The van der Waals surface area contributed by atoms with E-state index in [0.717, 1.165) is 23.8 Å². The summed E-state index contributed by atoms with van der Waals surface area (Å²) in [5.74, 6) is 3.12. The number of nitrogens with zero attached hydrogens (tertiary/aromatic N) is 2. The lowest BCUT2D eigenvalue weighted by molar-refractivity contribution is 0.315. The van der Waals surface area contributed by atoms with Gasteiger partial charge in [0.05, 0.1) is 0 Å². The first kappa shape index (κ1) is 12.3. The van der Waals surface area contributed by atoms with Gasteiger partial charge in [0.2, 0.25) is 0 Å². The molecule has 18 heavy (non-hydrogen) atoms. The highest BCUT2D eigenvalue weighted by molar-refractivity contribution is 5.80. The van der Waals surface area contributed by atoms with Crippen molar-refractivity contribution in [3.63, 3.8) is 0 Å². The van der Waals surface area contributed by atoms with Crippen LogP contribution in [0.5, 0.6) is 0 Å². The second-order valence-corrected chi connectivity index (χ2v) is 6.29. The molecule has 0 aromatic heterocycles. The minimum Gasteiger partial charge on any atom is -0.353 e. The van der Waals surface area contributed by atoms with E-state index in [0.29, 0.717) is 0 Å². The lowest BCUT2D eigenvalue weighted by Crippen LogP contribution is -2.41. The molecule has 1 N–H and O–H groups in total. The number of rotatable bonds is 2. The van der Waals surface area contributed by atoms with Crippen molar-refractivity contribution in [1.29, 1.82) is 0 Å². The van der Waals surface area contributed by atoms with Crippen LogP contribution in [0, 0.1) is 11.8 Å². The Morgan fingerprint density at radius 3 is 2.44 bits per heavy atom. The highest BCUT2D eigenvalue weighted by Crippen LogP contribution is 2.44. The molecule has 1 heterocycles. The highest BCUT2D eigenvalue weighted by Gasteiger charge is 2.43. The largest absolute Gasteiger partial charge is 0.353 e. The zero-order valence-corrected chi connectivity index (χ0v) is 11.7. The van der Waals surface area contributed by atoms with Crippen LogP contribution in [0.2, 0.25) is 0 Å². The first-order valence-electron chi connectivity index (χ1n) is 7.87. The molecule has 102 valence electrons. The molecule has 3 rings (SSSR count). The Balaban J connectivity index is 1.48. The standard InChI is InChI=1S/C15H27N3/c1-16-15(18-9-5-6-10-18)17-14-11-13(14)12-7-3-2-4-8-12/h12-14H,2-11H2,1H3,(H,16,17). The van der Waals surface area contributed by atoms with Gasteiger partial charge in [-0.15, -0.1) is 0 Å². The first-order chi connectivity index (χ1) is 8.88. The molecule has 0 spiro atoms. The van der Waals surface area contributed by atoms with Gasteiger partial charge in [-0.2, -0.15) is 0 Å². The van der Waals surface area contributed by atoms with Gasteiger partial charge in [0.15, 0.2) is 5.96 Å². The summed E-state index contributed by atoms with van der Waals surface area (Å²) in [5, 5.41) is 3.71. The molecule has 0 aromatic rings. The van der Waals surface area contributed by atoms with Gasteiger partial charge in [0, 0.05) is 26.2 Å². The minimum absolute atomic E-state index is 0.729. The van der Waals surface area contributed by atoms with E-state index in [4.69, 9.17) is 0 Å². The van der Waals surface area contributed by atoms with E-state index in [2.05, 4.69) is 15.2 Å². The van der Waals surface area contributed by atoms with Crippen LogP contribution in [-0.2, 0) is 0 Å². The maximum atomic E-state index is 4.46.